The molecule has 0 spiro atoms. The number of benzene rings is 1. The van der Waals surface area contributed by atoms with Gasteiger partial charge in [0.05, 0.1) is 18.0 Å². The van der Waals surface area contributed by atoms with Crippen molar-refractivity contribution in [3.63, 3.8) is 0 Å². The Labute approximate surface area is 173 Å². The second-order valence-corrected chi connectivity index (χ2v) is 7.99. The van der Waals surface area contributed by atoms with E-state index < -0.39 is 11.9 Å². The van der Waals surface area contributed by atoms with Crippen molar-refractivity contribution >= 4 is 29.4 Å². The Morgan fingerprint density at radius 1 is 1.17 bits per heavy atom. The van der Waals surface area contributed by atoms with Crippen molar-refractivity contribution in [2.24, 2.45) is 0 Å². The highest BCUT2D eigenvalue weighted by atomic mass is 32.2. The lowest BCUT2D eigenvalue weighted by molar-refractivity contribution is -0.123. The third-order valence-electron chi connectivity index (χ3n) is 4.57. The third kappa shape index (κ3) is 8.14. The summed E-state index contributed by atoms with van der Waals surface area (Å²) < 4.78 is 37.5. The molecule has 162 valence electrons. The number of piperazine rings is 1. The molecule has 6 nitrogen and oxygen atoms in total. The molecular weight excluding hydrogens is 405 g/mol. The van der Waals surface area contributed by atoms with Crippen LogP contribution in [0.1, 0.15) is 20.3 Å². The predicted octanol–water partition coefficient (Wildman–Crippen LogP) is 3.41. The lowest BCUT2D eigenvalue weighted by atomic mass is 10.2. The van der Waals surface area contributed by atoms with Crippen LogP contribution in [0.15, 0.2) is 29.2 Å². The van der Waals surface area contributed by atoms with Crippen LogP contribution in [0.2, 0.25) is 0 Å². The number of alkyl halides is 3. The summed E-state index contributed by atoms with van der Waals surface area (Å²) in [6.07, 6.45) is -3.41. The van der Waals surface area contributed by atoms with Crippen molar-refractivity contribution in [3.8, 4) is 0 Å². The maximum absolute atomic E-state index is 12.5. The fourth-order valence-electron chi connectivity index (χ4n) is 2.78. The monoisotopic (exact) mass is 432 g/mol. The van der Waals surface area contributed by atoms with E-state index in [-0.39, 0.29) is 24.5 Å². The Kier molecular flexibility index (Phi) is 8.63. The molecule has 1 aliphatic heterocycles. The zero-order valence-corrected chi connectivity index (χ0v) is 17.4. The first kappa shape index (κ1) is 23.3. The van der Waals surface area contributed by atoms with Crippen LogP contribution in [-0.4, -0.2) is 72.4 Å². The zero-order valence-electron chi connectivity index (χ0n) is 16.6. The summed E-state index contributed by atoms with van der Waals surface area (Å²) in [4.78, 5) is 28.5. The highest BCUT2D eigenvalue weighted by Gasteiger charge is 2.28. The van der Waals surface area contributed by atoms with E-state index in [4.69, 9.17) is 0 Å². The average Bonchev–Trinajstić information content (AvgIpc) is 2.67. The standard InChI is InChI=1S/C19H27F3N4O2S/c1-3-14(2)23-17(27)12-25-8-10-26(11-9-25)18(28)24-15-6-4-5-7-16(15)29-13-19(20,21)22/h4-7,14H,3,8-13H2,1-2H3,(H,23,27)(H,24,28). The van der Waals surface area contributed by atoms with Crippen LogP contribution >= 0.6 is 11.8 Å². The fraction of sp³-hybridized carbons (Fsp3) is 0.579. The Hall–Kier alpha value is -1.94. The van der Waals surface area contributed by atoms with Crippen molar-refractivity contribution in [1.29, 1.82) is 0 Å². The largest absolute Gasteiger partial charge is 0.398 e. The van der Waals surface area contributed by atoms with Crippen LogP contribution in [0, 0.1) is 0 Å². The van der Waals surface area contributed by atoms with E-state index in [1.807, 2.05) is 18.7 Å². The molecule has 0 aliphatic carbocycles. The summed E-state index contributed by atoms with van der Waals surface area (Å²) in [7, 11) is 0. The van der Waals surface area contributed by atoms with Crippen molar-refractivity contribution in [1.82, 2.24) is 15.1 Å². The quantitative estimate of drug-likeness (QED) is 0.649. The van der Waals surface area contributed by atoms with Crippen molar-refractivity contribution in [2.45, 2.75) is 37.4 Å². The third-order valence-corrected chi connectivity index (χ3v) is 5.71. The minimum Gasteiger partial charge on any atom is -0.353 e. The molecule has 1 fully saturated rings. The first-order valence-electron chi connectivity index (χ1n) is 9.54. The second kappa shape index (κ2) is 10.7. The number of hydrogen-bond acceptors (Lipinski definition) is 4. The molecule has 0 radical (unpaired) electrons. The second-order valence-electron chi connectivity index (χ2n) is 6.97. The number of thioether (sulfide) groups is 1. The van der Waals surface area contributed by atoms with E-state index in [0.29, 0.717) is 48.5 Å². The Morgan fingerprint density at radius 3 is 2.45 bits per heavy atom. The first-order valence-corrected chi connectivity index (χ1v) is 10.5. The molecular formula is C19H27F3N4O2S. The minimum absolute atomic E-state index is 0.0344. The number of amides is 3. The van der Waals surface area contributed by atoms with E-state index in [1.165, 1.54) is 0 Å². The van der Waals surface area contributed by atoms with Gasteiger partial charge < -0.3 is 15.5 Å². The van der Waals surface area contributed by atoms with Gasteiger partial charge in [-0.3, -0.25) is 9.69 Å². The van der Waals surface area contributed by atoms with Gasteiger partial charge in [0.2, 0.25) is 5.91 Å². The summed E-state index contributed by atoms with van der Waals surface area (Å²) in [6.45, 7) is 6.25. The van der Waals surface area contributed by atoms with Gasteiger partial charge in [-0.15, -0.1) is 11.8 Å². The van der Waals surface area contributed by atoms with Crippen molar-refractivity contribution < 1.29 is 22.8 Å². The number of halogens is 3. The van der Waals surface area contributed by atoms with Crippen LogP contribution in [0.5, 0.6) is 0 Å². The zero-order chi connectivity index (χ0) is 21.4. The maximum Gasteiger partial charge on any atom is 0.398 e. The van der Waals surface area contributed by atoms with Crippen LogP contribution in [0.4, 0.5) is 23.7 Å². The normalized spacial score (nSPS) is 16.4. The molecule has 2 rings (SSSR count). The molecule has 1 heterocycles. The predicted molar refractivity (Wildman–Crippen MR) is 108 cm³/mol. The molecule has 10 heteroatoms. The molecule has 1 saturated heterocycles. The molecule has 3 amide bonds. The maximum atomic E-state index is 12.5. The van der Waals surface area contributed by atoms with Crippen molar-refractivity contribution in [3.05, 3.63) is 24.3 Å². The molecule has 0 saturated carbocycles. The summed E-state index contributed by atoms with van der Waals surface area (Å²) in [6, 6.07) is 6.23. The van der Waals surface area contributed by atoms with Gasteiger partial charge in [-0.05, 0) is 25.5 Å². The molecule has 1 atom stereocenters. The molecule has 29 heavy (non-hydrogen) atoms. The van der Waals surface area contributed by atoms with E-state index in [2.05, 4.69) is 10.6 Å². The Balaban J connectivity index is 1.84. The number of nitrogens with one attached hydrogen (secondary N) is 2. The van der Waals surface area contributed by atoms with Gasteiger partial charge in [0.25, 0.3) is 0 Å². The highest BCUT2D eigenvalue weighted by Crippen LogP contribution is 2.32. The highest BCUT2D eigenvalue weighted by molar-refractivity contribution is 7.99. The minimum atomic E-state index is -4.28. The topological polar surface area (TPSA) is 64.7 Å². The molecule has 1 aromatic rings. The summed E-state index contributed by atoms with van der Waals surface area (Å²) >= 11 is 0.645. The summed E-state index contributed by atoms with van der Waals surface area (Å²) in [5, 5.41) is 5.62. The van der Waals surface area contributed by atoms with Gasteiger partial charge >= 0.3 is 12.2 Å². The SMILES string of the molecule is CCC(C)NC(=O)CN1CCN(C(=O)Nc2ccccc2SCC(F)(F)F)CC1. The van der Waals surface area contributed by atoms with Gasteiger partial charge in [0.1, 0.15) is 0 Å². The summed E-state index contributed by atoms with van der Waals surface area (Å²) in [5.74, 6) is -1.05. The van der Waals surface area contributed by atoms with Gasteiger partial charge in [0, 0.05) is 37.1 Å². The van der Waals surface area contributed by atoms with Gasteiger partial charge in [-0.2, -0.15) is 13.2 Å². The number of rotatable bonds is 7. The van der Waals surface area contributed by atoms with E-state index in [1.54, 1.807) is 29.2 Å². The summed E-state index contributed by atoms with van der Waals surface area (Å²) in [5.41, 5.74) is 0.363. The molecule has 1 unspecified atom stereocenters. The van der Waals surface area contributed by atoms with Crippen molar-refractivity contribution in [2.75, 3.05) is 43.8 Å². The number of para-hydroxylation sites is 1. The lowest BCUT2D eigenvalue weighted by Crippen LogP contribution is -2.52. The molecule has 1 aromatic carbocycles. The van der Waals surface area contributed by atoms with Crippen LogP contribution in [-0.2, 0) is 4.79 Å². The van der Waals surface area contributed by atoms with Crippen LogP contribution < -0.4 is 10.6 Å². The van der Waals surface area contributed by atoms with E-state index >= 15 is 0 Å². The molecule has 0 aromatic heterocycles. The van der Waals surface area contributed by atoms with E-state index in [9.17, 15) is 22.8 Å². The van der Waals surface area contributed by atoms with Gasteiger partial charge in [0.15, 0.2) is 0 Å². The van der Waals surface area contributed by atoms with Gasteiger partial charge in [-0.25, -0.2) is 4.79 Å². The number of anilines is 1. The number of hydrogen-bond donors (Lipinski definition) is 2. The Morgan fingerprint density at radius 2 is 1.83 bits per heavy atom. The molecule has 0 bridgehead atoms. The number of carbonyl (C=O) groups is 2. The van der Waals surface area contributed by atoms with Gasteiger partial charge in [-0.1, -0.05) is 19.1 Å². The first-order chi connectivity index (χ1) is 13.7. The number of nitrogens with zero attached hydrogens (tertiary/aromatic N) is 2. The average molecular weight is 433 g/mol. The van der Waals surface area contributed by atoms with Crippen LogP contribution in [0.25, 0.3) is 0 Å². The van der Waals surface area contributed by atoms with Crippen LogP contribution in [0.3, 0.4) is 0 Å². The lowest BCUT2D eigenvalue weighted by Gasteiger charge is -2.34. The Bertz CT molecular complexity index is 694. The molecule has 2 N–H and O–H groups in total. The fourth-order valence-corrected chi connectivity index (χ4v) is 3.55. The van der Waals surface area contributed by atoms with E-state index in [0.717, 1.165) is 6.42 Å². The number of carbonyl (C=O) groups excluding carboxylic acids is 2. The smallest absolute Gasteiger partial charge is 0.353 e. The molecule has 1 aliphatic rings. The number of urea groups is 1.